The molecule has 2 atom stereocenters. The van der Waals surface area contributed by atoms with E-state index in [-0.39, 0.29) is 11.9 Å². The number of benzene rings is 2. The molecule has 1 amide bonds. The first-order valence-corrected chi connectivity index (χ1v) is 10.2. The number of fused-ring (bicyclic) bond motifs is 1. The molecule has 0 saturated carbocycles. The predicted octanol–water partition coefficient (Wildman–Crippen LogP) is 3.79. The molecule has 29 heavy (non-hydrogen) atoms. The summed E-state index contributed by atoms with van der Waals surface area (Å²) in [5.74, 6) is 0.266. The van der Waals surface area contributed by atoms with E-state index in [1.807, 2.05) is 0 Å². The van der Waals surface area contributed by atoms with Crippen LogP contribution in [0.1, 0.15) is 40.7 Å². The van der Waals surface area contributed by atoms with Crippen molar-refractivity contribution in [2.75, 3.05) is 20.1 Å². The number of hydrogen-bond donors (Lipinski definition) is 2. The van der Waals surface area contributed by atoms with E-state index >= 15 is 0 Å². The van der Waals surface area contributed by atoms with Crippen LogP contribution in [0.2, 0.25) is 0 Å². The lowest BCUT2D eigenvalue weighted by Crippen LogP contribution is -2.49. The molecule has 2 aromatic rings. The van der Waals surface area contributed by atoms with Crippen molar-refractivity contribution in [2.24, 2.45) is 11.1 Å². The Morgan fingerprint density at radius 3 is 2.79 bits per heavy atom. The van der Waals surface area contributed by atoms with Crippen LogP contribution >= 0.6 is 0 Å². The first-order valence-electron chi connectivity index (χ1n) is 10.2. The fraction of sp³-hybridized carbons (Fsp3) is 0.333. The second kappa shape index (κ2) is 8.62. The Kier molecular flexibility index (Phi) is 5.76. The van der Waals surface area contributed by atoms with Crippen molar-refractivity contribution in [2.45, 2.75) is 25.3 Å². The molecule has 4 rings (SSSR count). The largest absolute Gasteiger partial charge is 0.411 e. The van der Waals surface area contributed by atoms with Crippen molar-refractivity contribution < 1.29 is 10.0 Å². The van der Waals surface area contributed by atoms with E-state index in [0.29, 0.717) is 17.0 Å². The van der Waals surface area contributed by atoms with Crippen LogP contribution in [0.3, 0.4) is 0 Å². The van der Waals surface area contributed by atoms with E-state index in [0.717, 1.165) is 32.4 Å². The Morgan fingerprint density at radius 1 is 1.17 bits per heavy atom. The number of oxime groups is 1. The fourth-order valence-corrected chi connectivity index (χ4v) is 4.66. The number of carbonyl (C=O) groups excluding carboxylic acids is 1. The minimum Gasteiger partial charge on any atom is -0.411 e. The normalized spacial score (nSPS) is 22.5. The summed E-state index contributed by atoms with van der Waals surface area (Å²) in [5.41, 5.74) is 5.58. The Labute approximate surface area is 171 Å². The van der Waals surface area contributed by atoms with Crippen LogP contribution in [-0.4, -0.2) is 48.4 Å². The van der Waals surface area contributed by atoms with Crippen LogP contribution in [-0.2, 0) is 0 Å². The maximum Gasteiger partial charge on any atom is 0.251 e. The van der Waals surface area contributed by atoms with Gasteiger partial charge in [-0.15, -0.1) is 0 Å². The number of allylic oxidation sites excluding steroid dienone is 1. The van der Waals surface area contributed by atoms with Crippen molar-refractivity contribution in [3.05, 3.63) is 76.9 Å². The van der Waals surface area contributed by atoms with Gasteiger partial charge in [-0.1, -0.05) is 53.2 Å². The third-order valence-electron chi connectivity index (χ3n) is 6.09. The number of hydrogen-bond acceptors (Lipinski definition) is 4. The van der Waals surface area contributed by atoms with Gasteiger partial charge in [0.1, 0.15) is 0 Å². The molecule has 5 heteroatoms. The summed E-state index contributed by atoms with van der Waals surface area (Å²) in [4.78, 5) is 15.3. The van der Waals surface area contributed by atoms with Gasteiger partial charge in [-0.05, 0) is 55.1 Å². The van der Waals surface area contributed by atoms with Gasteiger partial charge in [-0.3, -0.25) is 4.79 Å². The smallest absolute Gasteiger partial charge is 0.251 e. The predicted molar refractivity (Wildman–Crippen MR) is 115 cm³/mol. The molecule has 0 radical (unpaired) electrons. The van der Waals surface area contributed by atoms with Gasteiger partial charge in [0.15, 0.2) is 0 Å². The summed E-state index contributed by atoms with van der Waals surface area (Å²) in [6.07, 6.45) is 4.32. The molecular formula is C24H27N3O2. The van der Waals surface area contributed by atoms with Crippen LogP contribution in [0.15, 0.2) is 65.3 Å². The zero-order chi connectivity index (χ0) is 20.2. The molecule has 150 valence electrons. The summed E-state index contributed by atoms with van der Waals surface area (Å²) < 4.78 is 0. The summed E-state index contributed by atoms with van der Waals surface area (Å²) in [6, 6.07) is 17.9. The molecule has 1 heterocycles. The molecule has 2 aliphatic rings. The molecule has 1 aliphatic heterocycles. The van der Waals surface area contributed by atoms with Crippen LogP contribution < -0.4 is 5.32 Å². The zero-order valence-corrected chi connectivity index (χ0v) is 16.7. The van der Waals surface area contributed by atoms with Crippen molar-refractivity contribution in [1.82, 2.24) is 10.2 Å². The maximum atomic E-state index is 12.9. The first kappa shape index (κ1) is 19.4. The summed E-state index contributed by atoms with van der Waals surface area (Å²) >= 11 is 0. The molecular weight excluding hydrogens is 362 g/mol. The van der Waals surface area contributed by atoms with E-state index in [9.17, 15) is 4.79 Å². The van der Waals surface area contributed by atoms with E-state index in [1.54, 1.807) is 24.3 Å². The highest BCUT2D eigenvalue weighted by molar-refractivity contribution is 5.96. The van der Waals surface area contributed by atoms with Gasteiger partial charge in [-0.25, -0.2) is 0 Å². The van der Waals surface area contributed by atoms with Gasteiger partial charge in [0, 0.05) is 30.6 Å². The van der Waals surface area contributed by atoms with Gasteiger partial charge in [0.2, 0.25) is 0 Å². The molecule has 0 bridgehead atoms. The Bertz CT molecular complexity index is 936. The molecule has 1 saturated heterocycles. The van der Waals surface area contributed by atoms with E-state index in [1.165, 1.54) is 22.9 Å². The van der Waals surface area contributed by atoms with Gasteiger partial charge in [0.05, 0.1) is 6.21 Å². The van der Waals surface area contributed by atoms with Gasteiger partial charge in [0.25, 0.3) is 5.91 Å². The second-order valence-corrected chi connectivity index (χ2v) is 7.98. The van der Waals surface area contributed by atoms with E-state index in [2.05, 4.69) is 52.8 Å². The molecule has 1 aliphatic carbocycles. The quantitative estimate of drug-likeness (QED) is 0.475. The molecule has 1 fully saturated rings. The third-order valence-corrected chi connectivity index (χ3v) is 6.09. The number of carbonyl (C=O) groups is 1. The average molecular weight is 389 g/mol. The first-order chi connectivity index (χ1) is 14.2. The lowest BCUT2D eigenvalue weighted by molar-refractivity contribution is 0.0908. The van der Waals surface area contributed by atoms with E-state index in [4.69, 9.17) is 5.21 Å². The van der Waals surface area contributed by atoms with Gasteiger partial charge >= 0.3 is 0 Å². The number of amides is 1. The van der Waals surface area contributed by atoms with E-state index < -0.39 is 0 Å². The lowest BCUT2D eigenvalue weighted by atomic mass is 9.73. The van der Waals surface area contributed by atoms with Gasteiger partial charge in [-0.2, -0.15) is 0 Å². The van der Waals surface area contributed by atoms with Crippen LogP contribution in [0.4, 0.5) is 0 Å². The van der Waals surface area contributed by atoms with Crippen molar-refractivity contribution in [1.29, 1.82) is 0 Å². The van der Waals surface area contributed by atoms with Crippen LogP contribution in [0.5, 0.6) is 0 Å². The fourth-order valence-electron chi connectivity index (χ4n) is 4.66. The zero-order valence-electron chi connectivity index (χ0n) is 16.7. The topological polar surface area (TPSA) is 64.9 Å². The Hall–Kier alpha value is -2.92. The minimum absolute atomic E-state index is 0.0704. The van der Waals surface area contributed by atoms with Crippen LogP contribution in [0.25, 0.3) is 5.57 Å². The highest BCUT2D eigenvalue weighted by atomic mass is 16.4. The lowest BCUT2D eigenvalue weighted by Gasteiger charge is -2.42. The van der Waals surface area contributed by atoms with Crippen LogP contribution in [0, 0.1) is 5.92 Å². The summed E-state index contributed by atoms with van der Waals surface area (Å²) in [7, 11) is 2.16. The number of nitrogens with one attached hydrogen (secondary N) is 1. The van der Waals surface area contributed by atoms with Crippen molar-refractivity contribution in [3.63, 3.8) is 0 Å². The third kappa shape index (κ3) is 4.25. The number of piperidine rings is 1. The highest BCUT2D eigenvalue weighted by Gasteiger charge is 2.36. The Balaban J connectivity index is 1.58. The monoisotopic (exact) mass is 389 g/mol. The number of nitrogens with zero attached hydrogens (tertiary/aromatic N) is 2. The molecule has 2 N–H and O–H groups in total. The van der Waals surface area contributed by atoms with Crippen molar-refractivity contribution >= 4 is 17.7 Å². The molecule has 2 unspecified atom stereocenters. The average Bonchev–Trinajstić information content (AvgIpc) is 2.75. The maximum absolute atomic E-state index is 12.9. The number of likely N-dealkylation sites (tertiary alicyclic amines) is 1. The highest BCUT2D eigenvalue weighted by Crippen LogP contribution is 2.40. The molecule has 5 nitrogen and oxygen atoms in total. The standard InChI is InChI=1S/C24H27N3O2/c1-27-13-12-21-20(18-7-3-2-4-8-18)10-11-23(22(21)16-27)26-24(28)19-9-5-6-17(14-19)15-25-29/h2-9,14-15,22-23,29H,10-13,16H2,1H3,(H,26,28)/b25-15+. The Morgan fingerprint density at radius 2 is 2.00 bits per heavy atom. The minimum atomic E-state index is -0.0704. The molecule has 2 aromatic carbocycles. The SMILES string of the molecule is CN1CCC2=C(c3ccccc3)CCC(NC(=O)c3cccc(/C=N/O)c3)C2C1. The number of rotatable bonds is 4. The summed E-state index contributed by atoms with van der Waals surface area (Å²) in [6.45, 7) is 2.03. The van der Waals surface area contributed by atoms with Gasteiger partial charge < -0.3 is 15.4 Å². The van der Waals surface area contributed by atoms with Crippen molar-refractivity contribution in [3.8, 4) is 0 Å². The molecule has 0 spiro atoms. The second-order valence-electron chi connectivity index (χ2n) is 7.98. The molecule has 0 aromatic heterocycles. The summed E-state index contributed by atoms with van der Waals surface area (Å²) in [5, 5.41) is 15.1.